The summed E-state index contributed by atoms with van der Waals surface area (Å²) in [7, 11) is -4.11. The molecule has 0 fully saturated rings. The van der Waals surface area contributed by atoms with Crippen LogP contribution >= 0.6 is 11.6 Å². The van der Waals surface area contributed by atoms with Crippen LogP contribution in [0.2, 0.25) is 5.02 Å². The fourth-order valence-corrected chi connectivity index (χ4v) is 4.28. The molecule has 0 aliphatic carbocycles. The summed E-state index contributed by atoms with van der Waals surface area (Å²) < 4.78 is 32.2. The Balaban J connectivity index is 2.56. The highest BCUT2D eigenvalue weighted by atomic mass is 35.5. The summed E-state index contributed by atoms with van der Waals surface area (Å²) in [6.07, 6.45) is 0. The molecule has 0 radical (unpaired) electrons. The van der Waals surface area contributed by atoms with E-state index in [1.165, 1.54) is 37.3 Å². The molecule has 2 rings (SSSR count). The molecule has 2 aromatic carbocycles. The number of sulfonamides is 1. The fourth-order valence-electron chi connectivity index (χ4n) is 2.60. The van der Waals surface area contributed by atoms with Gasteiger partial charge in [0, 0.05) is 18.2 Å². The lowest BCUT2D eigenvalue weighted by Crippen LogP contribution is -2.31. The standard InChI is InChI=1S/C18H19ClN2O6S/c1-4-20(13-7-9-16(19)15(10-13)18(22)27-5-2)28(25,26)14-8-6-12(3)17(11-14)21(23)24/h6-11H,4-5H2,1-3H3. The summed E-state index contributed by atoms with van der Waals surface area (Å²) >= 11 is 6.04. The van der Waals surface area contributed by atoms with Crippen molar-refractivity contribution in [1.29, 1.82) is 0 Å². The van der Waals surface area contributed by atoms with Crippen LogP contribution in [0, 0.1) is 17.0 Å². The molecule has 0 unspecified atom stereocenters. The van der Waals surface area contributed by atoms with Crippen molar-refractivity contribution in [3.05, 3.63) is 62.7 Å². The van der Waals surface area contributed by atoms with Crippen LogP contribution in [0.4, 0.5) is 11.4 Å². The van der Waals surface area contributed by atoms with Crippen molar-refractivity contribution in [1.82, 2.24) is 0 Å². The second-order valence-corrected chi connectivity index (χ2v) is 8.03. The third-order valence-electron chi connectivity index (χ3n) is 3.99. The Morgan fingerprint density at radius 1 is 1.21 bits per heavy atom. The molecule has 0 amide bonds. The number of benzene rings is 2. The zero-order valence-corrected chi connectivity index (χ0v) is 17.1. The van der Waals surface area contributed by atoms with Crippen LogP contribution < -0.4 is 4.31 Å². The highest BCUT2D eigenvalue weighted by molar-refractivity contribution is 7.92. The molecule has 0 bridgehead atoms. The molecule has 0 spiro atoms. The van der Waals surface area contributed by atoms with Crippen LogP contribution in [0.3, 0.4) is 0 Å². The number of esters is 1. The van der Waals surface area contributed by atoms with Gasteiger partial charge in [-0.25, -0.2) is 13.2 Å². The van der Waals surface area contributed by atoms with Gasteiger partial charge in [0.2, 0.25) is 0 Å². The molecule has 2 aromatic rings. The lowest BCUT2D eigenvalue weighted by atomic mass is 10.2. The molecule has 0 N–H and O–H groups in total. The number of carbonyl (C=O) groups excluding carboxylic acids is 1. The molecule has 10 heteroatoms. The number of nitro benzene ring substituents is 1. The van der Waals surface area contributed by atoms with Crippen LogP contribution in [0.25, 0.3) is 0 Å². The first-order chi connectivity index (χ1) is 13.1. The van der Waals surface area contributed by atoms with E-state index in [0.717, 1.165) is 10.4 Å². The smallest absolute Gasteiger partial charge is 0.339 e. The topological polar surface area (TPSA) is 107 Å². The number of hydrogen-bond acceptors (Lipinski definition) is 6. The van der Waals surface area contributed by atoms with Gasteiger partial charge in [-0.05, 0) is 45.0 Å². The Kier molecular flexibility index (Phi) is 6.63. The summed E-state index contributed by atoms with van der Waals surface area (Å²) in [6, 6.07) is 7.89. The van der Waals surface area contributed by atoms with Gasteiger partial charge in [-0.3, -0.25) is 14.4 Å². The van der Waals surface area contributed by atoms with Gasteiger partial charge in [-0.2, -0.15) is 0 Å². The van der Waals surface area contributed by atoms with Gasteiger partial charge in [0.05, 0.1) is 32.7 Å². The second-order valence-electron chi connectivity index (χ2n) is 5.76. The van der Waals surface area contributed by atoms with Gasteiger partial charge >= 0.3 is 5.97 Å². The summed E-state index contributed by atoms with van der Waals surface area (Å²) in [4.78, 5) is 22.4. The van der Waals surface area contributed by atoms with E-state index in [1.54, 1.807) is 13.8 Å². The number of ether oxygens (including phenoxy) is 1. The lowest BCUT2D eigenvalue weighted by molar-refractivity contribution is -0.385. The lowest BCUT2D eigenvalue weighted by Gasteiger charge is -2.23. The number of rotatable bonds is 7. The van der Waals surface area contributed by atoms with Crippen molar-refractivity contribution in [2.75, 3.05) is 17.5 Å². The van der Waals surface area contributed by atoms with Crippen LogP contribution in [0.15, 0.2) is 41.3 Å². The minimum Gasteiger partial charge on any atom is -0.462 e. The number of carbonyl (C=O) groups is 1. The molecule has 0 atom stereocenters. The Labute approximate surface area is 167 Å². The highest BCUT2D eigenvalue weighted by Gasteiger charge is 2.27. The minimum absolute atomic E-state index is 0.0320. The minimum atomic E-state index is -4.11. The molecular formula is C18H19ClN2O6S. The third-order valence-corrected chi connectivity index (χ3v) is 6.21. The van der Waals surface area contributed by atoms with Gasteiger partial charge in [-0.1, -0.05) is 17.7 Å². The average Bonchev–Trinajstić information content (AvgIpc) is 2.63. The second kappa shape index (κ2) is 8.57. The van der Waals surface area contributed by atoms with Gasteiger partial charge in [-0.15, -0.1) is 0 Å². The van der Waals surface area contributed by atoms with Crippen molar-refractivity contribution in [3.63, 3.8) is 0 Å². The van der Waals surface area contributed by atoms with Gasteiger partial charge in [0.15, 0.2) is 0 Å². The SMILES string of the molecule is CCOC(=O)c1cc(N(CC)S(=O)(=O)c2ccc(C)c([N+](=O)[O-])c2)ccc1Cl. The van der Waals surface area contributed by atoms with E-state index in [2.05, 4.69) is 0 Å². The van der Waals surface area contributed by atoms with E-state index in [0.29, 0.717) is 5.56 Å². The van der Waals surface area contributed by atoms with Gasteiger partial charge < -0.3 is 4.74 Å². The molecule has 0 aliphatic rings. The molecule has 150 valence electrons. The Hall–Kier alpha value is -2.65. The average molecular weight is 427 g/mol. The maximum absolute atomic E-state index is 13.1. The van der Waals surface area contributed by atoms with Crippen LogP contribution in [-0.4, -0.2) is 32.5 Å². The molecular weight excluding hydrogens is 408 g/mol. The predicted octanol–water partition coefficient (Wildman–Crippen LogP) is 3.95. The molecule has 0 aliphatic heterocycles. The van der Waals surface area contributed by atoms with Crippen molar-refractivity contribution in [3.8, 4) is 0 Å². The van der Waals surface area contributed by atoms with Crippen molar-refractivity contribution >= 4 is 39.0 Å². The van der Waals surface area contributed by atoms with Crippen molar-refractivity contribution in [2.24, 2.45) is 0 Å². The summed E-state index contributed by atoms with van der Waals surface area (Å²) in [5.41, 5.74) is 0.284. The van der Waals surface area contributed by atoms with Gasteiger partial charge in [0.1, 0.15) is 0 Å². The maximum atomic E-state index is 13.1. The third kappa shape index (κ3) is 4.26. The summed E-state index contributed by atoms with van der Waals surface area (Å²) in [5, 5.41) is 11.3. The Bertz CT molecular complexity index is 1020. The van der Waals surface area contributed by atoms with Crippen LogP contribution in [0.5, 0.6) is 0 Å². The molecule has 8 nitrogen and oxygen atoms in total. The van der Waals surface area contributed by atoms with Crippen LogP contribution in [0.1, 0.15) is 29.8 Å². The molecule has 0 heterocycles. The highest BCUT2D eigenvalue weighted by Crippen LogP contribution is 2.30. The van der Waals surface area contributed by atoms with E-state index < -0.39 is 20.9 Å². The zero-order valence-electron chi connectivity index (χ0n) is 15.5. The largest absolute Gasteiger partial charge is 0.462 e. The number of anilines is 1. The maximum Gasteiger partial charge on any atom is 0.339 e. The number of nitrogens with zero attached hydrogens (tertiary/aromatic N) is 2. The number of nitro groups is 1. The molecule has 0 saturated heterocycles. The molecule has 28 heavy (non-hydrogen) atoms. The van der Waals surface area contributed by atoms with Crippen molar-refractivity contribution in [2.45, 2.75) is 25.7 Å². The van der Waals surface area contributed by atoms with E-state index in [-0.39, 0.29) is 40.0 Å². The normalized spacial score (nSPS) is 11.1. The Morgan fingerprint density at radius 3 is 2.46 bits per heavy atom. The van der Waals surface area contributed by atoms with Crippen molar-refractivity contribution < 1.29 is 22.9 Å². The summed E-state index contributed by atoms with van der Waals surface area (Å²) in [6.45, 7) is 4.95. The van der Waals surface area contributed by atoms with E-state index in [1.807, 2.05) is 0 Å². The molecule has 0 aromatic heterocycles. The predicted molar refractivity (Wildman–Crippen MR) is 105 cm³/mol. The van der Waals surface area contributed by atoms with E-state index in [9.17, 15) is 23.3 Å². The first-order valence-corrected chi connectivity index (χ1v) is 10.2. The zero-order chi connectivity index (χ0) is 21.1. The summed E-state index contributed by atoms with van der Waals surface area (Å²) in [5.74, 6) is -0.672. The van der Waals surface area contributed by atoms with E-state index in [4.69, 9.17) is 16.3 Å². The first kappa shape index (κ1) is 21.6. The molecule has 0 saturated carbocycles. The fraction of sp³-hybridized carbons (Fsp3) is 0.278. The van der Waals surface area contributed by atoms with Gasteiger partial charge in [0.25, 0.3) is 15.7 Å². The Morgan fingerprint density at radius 2 is 1.89 bits per heavy atom. The number of halogens is 1. The quantitative estimate of drug-likeness (QED) is 0.377. The first-order valence-electron chi connectivity index (χ1n) is 8.37. The monoisotopic (exact) mass is 426 g/mol. The van der Waals surface area contributed by atoms with Crippen LogP contribution in [-0.2, 0) is 14.8 Å². The number of hydrogen-bond donors (Lipinski definition) is 0. The number of aryl methyl sites for hydroxylation is 1. The van der Waals surface area contributed by atoms with E-state index >= 15 is 0 Å².